The Kier molecular flexibility index (Phi) is 3.82. The molecule has 128 valence electrons. The molecule has 0 spiro atoms. The van der Waals surface area contributed by atoms with Crippen LogP contribution in [0.25, 0.3) is 10.2 Å². The van der Waals surface area contributed by atoms with Gasteiger partial charge in [0.05, 0.1) is 12.0 Å². The van der Waals surface area contributed by atoms with E-state index in [1.807, 2.05) is 17.4 Å². The molecule has 0 amide bonds. The molecule has 1 N–H and O–H groups in total. The standard InChI is InChI=1S/C20H21N3OS/c1-3-7-16-14(5-1)9-13(11-24-16)10-21-19-18-15-6-2-4-8-17(15)25-20(18)23-12-22-19/h1,3,5,7,12-13H,2,4,6,8-11H2,(H,21,22,23)/t13-/m1/s1. The second-order valence-electron chi connectivity index (χ2n) is 6.98. The second-order valence-corrected chi connectivity index (χ2v) is 8.07. The molecule has 2 aliphatic rings. The van der Waals surface area contributed by atoms with Gasteiger partial charge in [0.1, 0.15) is 22.7 Å². The lowest BCUT2D eigenvalue weighted by Crippen LogP contribution is -2.27. The summed E-state index contributed by atoms with van der Waals surface area (Å²) in [7, 11) is 0. The third kappa shape index (κ3) is 2.76. The zero-order chi connectivity index (χ0) is 16.6. The maximum atomic E-state index is 5.92. The summed E-state index contributed by atoms with van der Waals surface area (Å²) in [5.41, 5.74) is 2.79. The Balaban J connectivity index is 1.37. The first-order chi connectivity index (χ1) is 12.4. The molecule has 5 rings (SSSR count). The van der Waals surface area contributed by atoms with Crippen molar-refractivity contribution < 1.29 is 4.74 Å². The number of aryl methyl sites for hydroxylation is 2. The van der Waals surface area contributed by atoms with Crippen molar-refractivity contribution in [2.24, 2.45) is 5.92 Å². The van der Waals surface area contributed by atoms with Gasteiger partial charge in [0.15, 0.2) is 0 Å². The minimum atomic E-state index is 0.467. The zero-order valence-corrected chi connectivity index (χ0v) is 14.9. The highest BCUT2D eigenvalue weighted by Crippen LogP contribution is 2.38. The zero-order valence-electron chi connectivity index (χ0n) is 14.1. The molecular formula is C20H21N3OS. The van der Waals surface area contributed by atoms with Crippen molar-refractivity contribution in [2.45, 2.75) is 32.1 Å². The molecule has 0 unspecified atom stereocenters. The van der Waals surface area contributed by atoms with Crippen molar-refractivity contribution in [2.75, 3.05) is 18.5 Å². The molecule has 1 atom stereocenters. The third-order valence-corrected chi connectivity index (χ3v) is 6.47. The third-order valence-electron chi connectivity index (χ3n) is 5.27. The van der Waals surface area contributed by atoms with E-state index in [0.717, 1.165) is 42.4 Å². The predicted molar refractivity (Wildman–Crippen MR) is 102 cm³/mol. The molecule has 0 fully saturated rings. The Labute approximate surface area is 151 Å². The van der Waals surface area contributed by atoms with Gasteiger partial charge in [-0.15, -0.1) is 11.3 Å². The fourth-order valence-electron chi connectivity index (χ4n) is 3.99. The van der Waals surface area contributed by atoms with E-state index < -0.39 is 0 Å². The normalized spacial score (nSPS) is 19.1. The Hall–Kier alpha value is -2.14. The van der Waals surface area contributed by atoms with Crippen molar-refractivity contribution in [1.82, 2.24) is 9.97 Å². The molecule has 3 aromatic rings. The number of rotatable bonds is 3. The molecule has 4 nitrogen and oxygen atoms in total. The van der Waals surface area contributed by atoms with Crippen LogP contribution < -0.4 is 10.1 Å². The molecule has 1 aliphatic heterocycles. The Morgan fingerprint density at radius 3 is 3.08 bits per heavy atom. The number of hydrogen-bond donors (Lipinski definition) is 1. The largest absolute Gasteiger partial charge is 0.493 e. The monoisotopic (exact) mass is 351 g/mol. The van der Waals surface area contributed by atoms with E-state index in [9.17, 15) is 0 Å². The summed E-state index contributed by atoms with van der Waals surface area (Å²) in [6, 6.07) is 8.35. The second kappa shape index (κ2) is 6.30. The number of aromatic nitrogens is 2. The van der Waals surface area contributed by atoms with Crippen LogP contribution in [0.15, 0.2) is 30.6 Å². The van der Waals surface area contributed by atoms with Crippen molar-refractivity contribution in [1.29, 1.82) is 0 Å². The van der Waals surface area contributed by atoms with Gasteiger partial charge in [-0.05, 0) is 49.3 Å². The molecule has 5 heteroatoms. The van der Waals surface area contributed by atoms with Crippen LogP contribution in [-0.4, -0.2) is 23.1 Å². The van der Waals surface area contributed by atoms with Crippen molar-refractivity contribution in [3.05, 3.63) is 46.6 Å². The molecule has 2 aromatic heterocycles. The predicted octanol–water partition coefficient (Wildman–Crippen LogP) is 4.23. The van der Waals surface area contributed by atoms with Crippen molar-refractivity contribution in [3.63, 3.8) is 0 Å². The molecule has 0 bridgehead atoms. The van der Waals surface area contributed by atoms with Gasteiger partial charge in [-0.2, -0.15) is 0 Å². The summed E-state index contributed by atoms with van der Waals surface area (Å²) in [5.74, 6) is 2.51. The van der Waals surface area contributed by atoms with Crippen LogP contribution in [0, 0.1) is 5.92 Å². The van der Waals surface area contributed by atoms with E-state index in [-0.39, 0.29) is 0 Å². The fourth-order valence-corrected chi connectivity index (χ4v) is 5.22. The summed E-state index contributed by atoms with van der Waals surface area (Å²) < 4.78 is 5.92. The lowest BCUT2D eigenvalue weighted by molar-refractivity contribution is 0.229. The minimum absolute atomic E-state index is 0.467. The van der Waals surface area contributed by atoms with E-state index in [1.165, 1.54) is 40.7 Å². The number of para-hydroxylation sites is 1. The SMILES string of the molecule is c1ccc2c(c1)C[C@H](CNc1ncnc3sc4c(c13)CCCC4)CO2. The van der Waals surface area contributed by atoms with Gasteiger partial charge < -0.3 is 10.1 Å². The number of benzene rings is 1. The number of ether oxygens (including phenoxy) is 1. The van der Waals surface area contributed by atoms with Crippen molar-refractivity contribution in [3.8, 4) is 5.75 Å². The number of thiophene rings is 1. The molecule has 25 heavy (non-hydrogen) atoms. The van der Waals surface area contributed by atoms with Gasteiger partial charge in [0.25, 0.3) is 0 Å². The molecule has 3 heterocycles. The highest BCUT2D eigenvalue weighted by Gasteiger charge is 2.22. The van der Waals surface area contributed by atoms with Gasteiger partial charge in [0.2, 0.25) is 0 Å². The van der Waals surface area contributed by atoms with Gasteiger partial charge in [-0.1, -0.05) is 18.2 Å². The van der Waals surface area contributed by atoms with E-state index in [0.29, 0.717) is 5.92 Å². The fraction of sp³-hybridized carbons (Fsp3) is 0.400. The topological polar surface area (TPSA) is 47.0 Å². The van der Waals surface area contributed by atoms with E-state index in [2.05, 4.69) is 33.5 Å². The van der Waals surface area contributed by atoms with Gasteiger partial charge in [-0.3, -0.25) is 0 Å². The molecule has 0 radical (unpaired) electrons. The Morgan fingerprint density at radius 1 is 1.16 bits per heavy atom. The van der Waals surface area contributed by atoms with Crippen LogP contribution in [0.2, 0.25) is 0 Å². The molecular weight excluding hydrogens is 330 g/mol. The molecule has 1 aromatic carbocycles. The number of fused-ring (bicyclic) bond motifs is 4. The smallest absolute Gasteiger partial charge is 0.138 e. The van der Waals surface area contributed by atoms with E-state index in [4.69, 9.17) is 4.74 Å². The lowest BCUT2D eigenvalue weighted by Gasteiger charge is -2.25. The van der Waals surface area contributed by atoms with Crippen LogP contribution >= 0.6 is 11.3 Å². The van der Waals surface area contributed by atoms with Gasteiger partial charge >= 0.3 is 0 Å². The number of anilines is 1. The molecule has 0 saturated heterocycles. The quantitative estimate of drug-likeness (QED) is 0.767. The van der Waals surface area contributed by atoms with Gasteiger partial charge in [0, 0.05) is 17.3 Å². The summed E-state index contributed by atoms with van der Waals surface area (Å²) in [5, 5.41) is 4.86. The Bertz CT molecular complexity index is 920. The number of nitrogens with one attached hydrogen (secondary N) is 1. The lowest BCUT2D eigenvalue weighted by atomic mass is 9.96. The first-order valence-corrected chi connectivity index (χ1v) is 9.90. The highest BCUT2D eigenvalue weighted by atomic mass is 32.1. The minimum Gasteiger partial charge on any atom is -0.493 e. The molecule has 1 aliphatic carbocycles. The highest BCUT2D eigenvalue weighted by molar-refractivity contribution is 7.19. The first kappa shape index (κ1) is 15.1. The first-order valence-electron chi connectivity index (χ1n) is 9.08. The Morgan fingerprint density at radius 2 is 2.08 bits per heavy atom. The summed E-state index contributed by atoms with van der Waals surface area (Å²) in [6.45, 7) is 1.64. The van der Waals surface area contributed by atoms with Crippen LogP contribution in [-0.2, 0) is 19.3 Å². The molecule has 0 saturated carbocycles. The maximum Gasteiger partial charge on any atom is 0.138 e. The van der Waals surface area contributed by atoms with Crippen LogP contribution in [0.3, 0.4) is 0 Å². The van der Waals surface area contributed by atoms with E-state index in [1.54, 1.807) is 6.33 Å². The average molecular weight is 351 g/mol. The van der Waals surface area contributed by atoms with Crippen molar-refractivity contribution >= 4 is 27.4 Å². The maximum absolute atomic E-state index is 5.92. The average Bonchev–Trinajstić information content (AvgIpc) is 3.05. The van der Waals surface area contributed by atoms with Gasteiger partial charge in [-0.25, -0.2) is 9.97 Å². The van der Waals surface area contributed by atoms with E-state index >= 15 is 0 Å². The summed E-state index contributed by atoms with van der Waals surface area (Å²) in [4.78, 5) is 11.7. The number of hydrogen-bond acceptors (Lipinski definition) is 5. The number of nitrogens with zero attached hydrogens (tertiary/aromatic N) is 2. The van der Waals surface area contributed by atoms with Crippen LogP contribution in [0.5, 0.6) is 5.75 Å². The summed E-state index contributed by atoms with van der Waals surface area (Å²) >= 11 is 1.85. The summed E-state index contributed by atoms with van der Waals surface area (Å²) in [6.07, 6.45) is 7.69. The van der Waals surface area contributed by atoms with Crippen LogP contribution in [0.1, 0.15) is 28.8 Å². The van der Waals surface area contributed by atoms with Crippen LogP contribution in [0.4, 0.5) is 5.82 Å².